The maximum atomic E-state index is 11.4. The first-order valence-corrected chi connectivity index (χ1v) is 8.63. The van der Waals surface area contributed by atoms with E-state index in [0.29, 0.717) is 4.88 Å². The first-order chi connectivity index (χ1) is 10.5. The zero-order valence-electron chi connectivity index (χ0n) is 12.3. The average molecular weight is 379 g/mol. The lowest BCUT2D eigenvalue weighted by Crippen LogP contribution is -2.02. The lowest BCUT2D eigenvalue weighted by molar-refractivity contribution is 0.0700. The van der Waals surface area contributed by atoms with Gasteiger partial charge in [0.05, 0.1) is 5.69 Å². The molecule has 22 heavy (non-hydrogen) atoms. The molecule has 0 aliphatic carbocycles. The minimum absolute atomic E-state index is 0.398. The number of aromatic nitrogens is 2. The van der Waals surface area contributed by atoms with Crippen molar-refractivity contribution in [3.63, 3.8) is 0 Å². The Morgan fingerprint density at radius 2 is 2.05 bits per heavy atom. The number of carboxylic acid groups (broad SMARTS) is 1. The highest BCUT2D eigenvalue weighted by atomic mass is 79.9. The summed E-state index contributed by atoms with van der Waals surface area (Å²) in [5.41, 5.74) is 3.79. The first-order valence-electron chi connectivity index (χ1n) is 7.03. The van der Waals surface area contributed by atoms with Crippen molar-refractivity contribution in [2.45, 2.75) is 26.7 Å². The van der Waals surface area contributed by atoms with Crippen LogP contribution >= 0.6 is 27.3 Å². The molecule has 3 rings (SSSR count). The van der Waals surface area contributed by atoms with Crippen LogP contribution in [-0.4, -0.2) is 20.5 Å². The molecule has 4 nitrogen and oxygen atoms in total. The van der Waals surface area contributed by atoms with E-state index in [1.54, 1.807) is 0 Å². The van der Waals surface area contributed by atoms with Crippen LogP contribution in [-0.2, 0) is 6.42 Å². The van der Waals surface area contributed by atoms with Crippen molar-refractivity contribution < 1.29 is 9.90 Å². The number of carbonyl (C=O) groups is 1. The highest BCUT2D eigenvalue weighted by molar-refractivity contribution is 9.10. The van der Waals surface area contributed by atoms with E-state index in [0.717, 1.165) is 44.9 Å². The molecule has 1 aromatic carbocycles. The maximum absolute atomic E-state index is 11.4. The van der Waals surface area contributed by atoms with E-state index in [1.807, 2.05) is 35.6 Å². The highest BCUT2D eigenvalue weighted by Gasteiger charge is 2.22. The topological polar surface area (TPSA) is 54.6 Å². The van der Waals surface area contributed by atoms with Gasteiger partial charge in [0.15, 0.2) is 4.96 Å². The standard InChI is InChI=1S/C16H15BrN2O2S/c1-3-4-12-14(15(20)21)22-16-18-13(9(2)19(12)16)10-5-7-11(17)8-6-10/h5-8H,3-4H2,1-2H3,(H,20,21). The van der Waals surface area contributed by atoms with E-state index >= 15 is 0 Å². The van der Waals surface area contributed by atoms with Crippen molar-refractivity contribution >= 4 is 38.2 Å². The van der Waals surface area contributed by atoms with Crippen molar-refractivity contribution in [3.05, 3.63) is 45.0 Å². The van der Waals surface area contributed by atoms with Gasteiger partial charge in [-0.25, -0.2) is 9.78 Å². The fourth-order valence-electron chi connectivity index (χ4n) is 2.62. The Labute approximate surface area is 140 Å². The Balaban J connectivity index is 2.21. The Kier molecular flexibility index (Phi) is 4.06. The van der Waals surface area contributed by atoms with Crippen LogP contribution < -0.4 is 0 Å². The van der Waals surface area contributed by atoms with E-state index in [4.69, 9.17) is 0 Å². The molecule has 0 radical (unpaired) electrons. The third kappa shape index (κ3) is 2.46. The summed E-state index contributed by atoms with van der Waals surface area (Å²) in [5, 5.41) is 9.38. The Hall–Kier alpha value is -1.66. The number of fused-ring (bicyclic) bond motifs is 1. The van der Waals surface area contributed by atoms with Gasteiger partial charge in [-0.15, -0.1) is 0 Å². The van der Waals surface area contributed by atoms with Crippen molar-refractivity contribution in [2.75, 3.05) is 0 Å². The molecule has 0 unspecified atom stereocenters. The average Bonchev–Trinajstić information content (AvgIpc) is 2.99. The summed E-state index contributed by atoms with van der Waals surface area (Å²) < 4.78 is 3.02. The predicted octanol–water partition coefficient (Wildman–Crippen LogP) is 4.78. The number of rotatable bonds is 4. The van der Waals surface area contributed by atoms with E-state index in [-0.39, 0.29) is 0 Å². The normalized spacial score (nSPS) is 11.2. The molecular formula is C16H15BrN2O2S. The quantitative estimate of drug-likeness (QED) is 0.710. The number of benzene rings is 1. The summed E-state index contributed by atoms with van der Waals surface area (Å²) in [6.45, 7) is 4.05. The number of imidazole rings is 1. The summed E-state index contributed by atoms with van der Waals surface area (Å²) in [5.74, 6) is -0.872. The fraction of sp³-hybridized carbons (Fsp3) is 0.250. The van der Waals surface area contributed by atoms with E-state index in [2.05, 4.69) is 27.8 Å². The van der Waals surface area contributed by atoms with Crippen molar-refractivity contribution in [1.82, 2.24) is 9.38 Å². The van der Waals surface area contributed by atoms with Crippen LogP contribution in [0, 0.1) is 6.92 Å². The number of hydrogen-bond donors (Lipinski definition) is 1. The third-order valence-electron chi connectivity index (χ3n) is 3.60. The van der Waals surface area contributed by atoms with Gasteiger partial charge in [-0.1, -0.05) is 52.7 Å². The molecule has 0 fully saturated rings. The highest BCUT2D eigenvalue weighted by Crippen LogP contribution is 2.32. The number of carboxylic acids is 1. The van der Waals surface area contributed by atoms with Crippen molar-refractivity contribution in [2.24, 2.45) is 0 Å². The number of aryl methyl sites for hydroxylation is 2. The van der Waals surface area contributed by atoms with Crippen LogP contribution in [0.5, 0.6) is 0 Å². The number of aromatic carboxylic acids is 1. The summed E-state index contributed by atoms with van der Waals surface area (Å²) in [6.07, 6.45) is 1.63. The Morgan fingerprint density at radius 3 is 2.64 bits per heavy atom. The molecule has 2 heterocycles. The van der Waals surface area contributed by atoms with Crippen LogP contribution in [0.2, 0.25) is 0 Å². The van der Waals surface area contributed by atoms with E-state index < -0.39 is 5.97 Å². The third-order valence-corrected chi connectivity index (χ3v) is 5.20. The predicted molar refractivity (Wildman–Crippen MR) is 91.9 cm³/mol. The molecule has 6 heteroatoms. The first kappa shape index (κ1) is 15.2. The molecule has 0 amide bonds. The zero-order chi connectivity index (χ0) is 15.9. The SMILES string of the molecule is CCCc1c(C(=O)O)sc2nc(-c3ccc(Br)cc3)c(C)n12. The van der Waals surface area contributed by atoms with Gasteiger partial charge in [0.25, 0.3) is 0 Å². The summed E-state index contributed by atoms with van der Waals surface area (Å²) >= 11 is 4.68. The Morgan fingerprint density at radius 1 is 1.36 bits per heavy atom. The second-order valence-electron chi connectivity index (χ2n) is 5.10. The van der Waals surface area contributed by atoms with Gasteiger partial charge in [0.2, 0.25) is 0 Å². The lowest BCUT2D eigenvalue weighted by Gasteiger charge is -2.04. The molecule has 0 spiro atoms. The van der Waals surface area contributed by atoms with Gasteiger partial charge in [0.1, 0.15) is 4.88 Å². The number of thiazole rings is 1. The molecule has 0 bridgehead atoms. The van der Waals surface area contributed by atoms with E-state index in [9.17, 15) is 9.90 Å². The molecule has 3 aromatic rings. The van der Waals surface area contributed by atoms with Gasteiger partial charge in [-0.3, -0.25) is 4.40 Å². The van der Waals surface area contributed by atoms with Crippen molar-refractivity contribution in [1.29, 1.82) is 0 Å². The van der Waals surface area contributed by atoms with Crippen molar-refractivity contribution in [3.8, 4) is 11.3 Å². The minimum atomic E-state index is -0.872. The molecule has 2 aromatic heterocycles. The van der Waals surface area contributed by atoms with Gasteiger partial charge in [-0.2, -0.15) is 0 Å². The van der Waals surface area contributed by atoms with Gasteiger partial charge in [-0.05, 0) is 25.5 Å². The van der Waals surface area contributed by atoms with Gasteiger partial charge >= 0.3 is 5.97 Å². The number of halogens is 1. The summed E-state index contributed by atoms with van der Waals surface area (Å²) in [4.78, 5) is 17.2. The summed E-state index contributed by atoms with van der Waals surface area (Å²) in [6, 6.07) is 8.00. The zero-order valence-corrected chi connectivity index (χ0v) is 14.7. The molecule has 0 aliphatic heterocycles. The number of nitrogens with zero attached hydrogens (tertiary/aromatic N) is 2. The molecule has 114 valence electrons. The van der Waals surface area contributed by atoms with E-state index in [1.165, 1.54) is 11.3 Å². The molecule has 1 N–H and O–H groups in total. The molecular weight excluding hydrogens is 364 g/mol. The second-order valence-corrected chi connectivity index (χ2v) is 7.00. The van der Waals surface area contributed by atoms with Gasteiger partial charge < -0.3 is 5.11 Å². The van der Waals surface area contributed by atoms with Crippen LogP contribution in [0.1, 0.15) is 34.4 Å². The van der Waals surface area contributed by atoms with Gasteiger partial charge in [0, 0.05) is 21.4 Å². The van der Waals surface area contributed by atoms with Crippen LogP contribution in [0.4, 0.5) is 0 Å². The minimum Gasteiger partial charge on any atom is -0.477 e. The monoisotopic (exact) mass is 378 g/mol. The Bertz CT molecular complexity index is 849. The molecule has 0 saturated heterocycles. The fourth-order valence-corrected chi connectivity index (χ4v) is 3.95. The molecule has 0 saturated carbocycles. The van der Waals surface area contributed by atoms with Crippen LogP contribution in [0.25, 0.3) is 16.2 Å². The smallest absolute Gasteiger partial charge is 0.347 e. The largest absolute Gasteiger partial charge is 0.477 e. The summed E-state index contributed by atoms with van der Waals surface area (Å²) in [7, 11) is 0. The molecule has 0 atom stereocenters. The molecule has 0 aliphatic rings. The van der Waals surface area contributed by atoms with Crippen LogP contribution in [0.15, 0.2) is 28.7 Å². The maximum Gasteiger partial charge on any atom is 0.347 e. The number of hydrogen-bond acceptors (Lipinski definition) is 3. The second kappa shape index (κ2) is 5.85. The lowest BCUT2D eigenvalue weighted by atomic mass is 10.1. The van der Waals surface area contributed by atoms with Crippen LogP contribution in [0.3, 0.4) is 0 Å².